The average molecular weight is 293 g/mol. The predicted molar refractivity (Wildman–Crippen MR) is 84.2 cm³/mol. The zero-order valence-electron chi connectivity index (χ0n) is 13.6. The number of anilines is 1. The third kappa shape index (κ3) is 2.90. The molecule has 1 aromatic heterocycles. The van der Waals surface area contributed by atoms with Crippen LogP contribution in [0.25, 0.3) is 0 Å². The Labute approximate surface area is 126 Å². The predicted octanol–water partition coefficient (Wildman–Crippen LogP) is 1.17. The number of carbonyl (C=O) groups excluding carboxylic acids is 1. The maximum absolute atomic E-state index is 12.5. The highest BCUT2D eigenvalue weighted by Gasteiger charge is 2.36. The van der Waals surface area contributed by atoms with Gasteiger partial charge in [0.1, 0.15) is 5.69 Å². The van der Waals surface area contributed by atoms with Crippen molar-refractivity contribution in [2.75, 3.05) is 26.4 Å². The minimum Gasteiger partial charge on any atom is -0.395 e. The summed E-state index contributed by atoms with van der Waals surface area (Å²) in [5.41, 5.74) is 7.87. The van der Waals surface area contributed by atoms with Gasteiger partial charge in [0.2, 0.25) is 0 Å². The van der Waals surface area contributed by atoms with Crippen molar-refractivity contribution in [1.82, 2.24) is 20.0 Å². The van der Waals surface area contributed by atoms with E-state index in [0.717, 1.165) is 25.0 Å². The number of hydrogen-bond donors (Lipinski definition) is 2. The smallest absolute Gasteiger partial charge is 0.271 e. The lowest BCUT2D eigenvalue weighted by Crippen LogP contribution is -2.51. The molecule has 0 atom stereocenters. The highest BCUT2D eigenvalue weighted by molar-refractivity contribution is 5.98. The number of aromatic nitrogens is 2. The standard InChI is InChI=1S/C15H27N5O/c1-5-11-12(16)13(20(4)18-11)14(21)17-10-15(19(2)3)8-6-7-9-15/h5-10,16H2,1-4H3,(H,17,21). The van der Waals surface area contributed by atoms with Crippen LogP contribution >= 0.6 is 0 Å². The molecule has 0 aliphatic heterocycles. The first-order valence-electron chi connectivity index (χ1n) is 7.68. The van der Waals surface area contributed by atoms with Crippen LogP contribution in [-0.4, -0.2) is 46.8 Å². The Balaban J connectivity index is 2.10. The number of amides is 1. The zero-order chi connectivity index (χ0) is 15.6. The molecule has 0 saturated heterocycles. The number of nitrogen functional groups attached to an aromatic ring is 1. The van der Waals surface area contributed by atoms with E-state index in [1.54, 1.807) is 11.7 Å². The van der Waals surface area contributed by atoms with E-state index >= 15 is 0 Å². The Morgan fingerprint density at radius 2 is 2.05 bits per heavy atom. The van der Waals surface area contributed by atoms with E-state index in [4.69, 9.17) is 5.73 Å². The molecule has 1 aromatic rings. The van der Waals surface area contributed by atoms with Gasteiger partial charge >= 0.3 is 0 Å². The Morgan fingerprint density at radius 3 is 2.52 bits per heavy atom. The lowest BCUT2D eigenvalue weighted by Gasteiger charge is -2.36. The Bertz CT molecular complexity index is 514. The molecule has 1 heterocycles. The summed E-state index contributed by atoms with van der Waals surface area (Å²) in [5, 5.41) is 7.36. The van der Waals surface area contributed by atoms with Gasteiger partial charge in [-0.2, -0.15) is 5.10 Å². The number of likely N-dealkylation sites (N-methyl/N-ethyl adjacent to an activating group) is 1. The minimum absolute atomic E-state index is 0.0800. The van der Waals surface area contributed by atoms with Crippen LogP contribution in [0.2, 0.25) is 0 Å². The first kappa shape index (κ1) is 15.8. The molecular formula is C15H27N5O. The molecule has 0 aromatic carbocycles. The van der Waals surface area contributed by atoms with E-state index in [1.807, 2.05) is 6.92 Å². The highest BCUT2D eigenvalue weighted by Crippen LogP contribution is 2.33. The Kier molecular flexibility index (Phi) is 4.56. The second-order valence-corrected chi connectivity index (χ2v) is 6.19. The Morgan fingerprint density at radius 1 is 1.43 bits per heavy atom. The average Bonchev–Trinajstić information content (AvgIpc) is 3.02. The molecule has 0 radical (unpaired) electrons. The fraction of sp³-hybridized carbons (Fsp3) is 0.733. The van der Waals surface area contributed by atoms with Crippen LogP contribution in [0, 0.1) is 0 Å². The summed E-state index contributed by atoms with van der Waals surface area (Å²) in [4.78, 5) is 14.7. The van der Waals surface area contributed by atoms with Crippen molar-refractivity contribution in [3.63, 3.8) is 0 Å². The van der Waals surface area contributed by atoms with Crippen LogP contribution < -0.4 is 11.1 Å². The molecule has 6 nitrogen and oxygen atoms in total. The van der Waals surface area contributed by atoms with Gasteiger partial charge in [0, 0.05) is 19.1 Å². The third-order valence-electron chi connectivity index (χ3n) is 4.77. The number of nitrogens with zero attached hydrogens (tertiary/aromatic N) is 3. The maximum atomic E-state index is 12.5. The van der Waals surface area contributed by atoms with E-state index in [9.17, 15) is 4.79 Å². The van der Waals surface area contributed by atoms with Crippen molar-refractivity contribution >= 4 is 11.6 Å². The van der Waals surface area contributed by atoms with Gasteiger partial charge in [-0.05, 0) is 33.4 Å². The minimum atomic E-state index is -0.129. The Hall–Kier alpha value is -1.56. The molecule has 3 N–H and O–H groups in total. The van der Waals surface area contributed by atoms with Crippen LogP contribution in [0.4, 0.5) is 5.69 Å². The van der Waals surface area contributed by atoms with Gasteiger partial charge in [-0.1, -0.05) is 19.8 Å². The van der Waals surface area contributed by atoms with Gasteiger partial charge < -0.3 is 16.0 Å². The summed E-state index contributed by atoms with van der Waals surface area (Å²) in [6, 6.07) is 0. The quantitative estimate of drug-likeness (QED) is 0.854. The monoisotopic (exact) mass is 293 g/mol. The van der Waals surface area contributed by atoms with Gasteiger partial charge in [0.05, 0.1) is 11.4 Å². The van der Waals surface area contributed by atoms with Crippen LogP contribution in [-0.2, 0) is 13.5 Å². The van der Waals surface area contributed by atoms with Crippen molar-refractivity contribution in [2.24, 2.45) is 7.05 Å². The van der Waals surface area contributed by atoms with Gasteiger partial charge in [-0.25, -0.2) is 0 Å². The number of nitrogens with two attached hydrogens (primary N) is 1. The van der Waals surface area contributed by atoms with Crippen molar-refractivity contribution in [1.29, 1.82) is 0 Å². The SMILES string of the molecule is CCc1nn(C)c(C(=O)NCC2(N(C)C)CCCC2)c1N. The molecule has 118 valence electrons. The molecule has 1 saturated carbocycles. The maximum Gasteiger partial charge on any atom is 0.271 e. The third-order valence-corrected chi connectivity index (χ3v) is 4.77. The van der Waals surface area contributed by atoms with Crippen LogP contribution in [0.5, 0.6) is 0 Å². The molecular weight excluding hydrogens is 266 g/mol. The topological polar surface area (TPSA) is 76.2 Å². The molecule has 1 amide bonds. The molecule has 0 unspecified atom stereocenters. The summed E-state index contributed by atoms with van der Waals surface area (Å²) in [6.07, 6.45) is 5.43. The zero-order valence-corrected chi connectivity index (χ0v) is 13.6. The molecule has 1 aliphatic carbocycles. The summed E-state index contributed by atoms with van der Waals surface area (Å²) in [5.74, 6) is -0.129. The first-order chi connectivity index (χ1) is 9.91. The summed E-state index contributed by atoms with van der Waals surface area (Å²) < 4.78 is 1.58. The largest absolute Gasteiger partial charge is 0.395 e. The van der Waals surface area contributed by atoms with E-state index in [1.165, 1.54) is 12.8 Å². The number of nitrogens with one attached hydrogen (secondary N) is 1. The summed E-state index contributed by atoms with van der Waals surface area (Å²) in [7, 11) is 5.94. The van der Waals surface area contributed by atoms with Crippen molar-refractivity contribution in [3.8, 4) is 0 Å². The first-order valence-corrected chi connectivity index (χ1v) is 7.68. The number of aryl methyl sites for hydroxylation is 2. The van der Waals surface area contributed by atoms with E-state index in [2.05, 4.69) is 29.4 Å². The van der Waals surface area contributed by atoms with Crippen LogP contribution in [0.1, 0.15) is 48.8 Å². The van der Waals surface area contributed by atoms with Crippen molar-refractivity contribution in [2.45, 2.75) is 44.6 Å². The molecule has 1 aliphatic rings. The summed E-state index contributed by atoms with van der Waals surface area (Å²) in [6.45, 7) is 2.64. The van der Waals surface area contributed by atoms with Crippen molar-refractivity contribution < 1.29 is 4.79 Å². The molecule has 21 heavy (non-hydrogen) atoms. The van der Waals surface area contributed by atoms with Crippen LogP contribution in [0.3, 0.4) is 0 Å². The number of carbonyl (C=O) groups is 1. The lowest BCUT2D eigenvalue weighted by atomic mass is 9.96. The second-order valence-electron chi connectivity index (χ2n) is 6.19. The van der Waals surface area contributed by atoms with Crippen LogP contribution in [0.15, 0.2) is 0 Å². The molecule has 2 rings (SSSR count). The van der Waals surface area contributed by atoms with Gasteiger partial charge in [-0.15, -0.1) is 0 Å². The van der Waals surface area contributed by atoms with E-state index < -0.39 is 0 Å². The lowest BCUT2D eigenvalue weighted by molar-refractivity contribution is 0.0891. The number of hydrogen-bond acceptors (Lipinski definition) is 4. The molecule has 6 heteroatoms. The highest BCUT2D eigenvalue weighted by atomic mass is 16.2. The number of rotatable bonds is 5. The molecule has 0 bridgehead atoms. The van der Waals surface area contributed by atoms with E-state index in [-0.39, 0.29) is 11.4 Å². The fourth-order valence-electron chi connectivity index (χ4n) is 3.27. The summed E-state index contributed by atoms with van der Waals surface area (Å²) >= 11 is 0. The second kappa shape index (κ2) is 6.05. The molecule has 1 fully saturated rings. The fourth-order valence-corrected chi connectivity index (χ4v) is 3.27. The normalized spacial score (nSPS) is 17.4. The van der Waals surface area contributed by atoms with Gasteiger partial charge in [-0.3, -0.25) is 9.48 Å². The van der Waals surface area contributed by atoms with E-state index in [0.29, 0.717) is 17.9 Å². The molecule has 0 spiro atoms. The van der Waals surface area contributed by atoms with Crippen molar-refractivity contribution in [3.05, 3.63) is 11.4 Å². The van der Waals surface area contributed by atoms with Gasteiger partial charge in [0.15, 0.2) is 0 Å². The van der Waals surface area contributed by atoms with Gasteiger partial charge in [0.25, 0.3) is 5.91 Å².